The molecule has 0 radical (unpaired) electrons. The zero-order valence-electron chi connectivity index (χ0n) is 20.5. The second kappa shape index (κ2) is 11.0. The molecule has 4 aromatic rings. The fraction of sp³-hybridized carbons (Fsp3) is 0.267. The van der Waals surface area contributed by atoms with Crippen molar-refractivity contribution < 1.29 is 0 Å². The van der Waals surface area contributed by atoms with E-state index in [4.69, 9.17) is 13.3 Å². The van der Waals surface area contributed by atoms with Gasteiger partial charge in [0.1, 0.15) is 9.24 Å². The summed E-state index contributed by atoms with van der Waals surface area (Å²) >= 11 is 3.77. The van der Waals surface area contributed by atoms with E-state index in [2.05, 4.69) is 107 Å². The third kappa shape index (κ3) is 4.60. The zero-order valence-corrected chi connectivity index (χ0v) is 23.9. The summed E-state index contributed by atoms with van der Waals surface area (Å²) in [6.07, 6.45) is 4.74. The van der Waals surface area contributed by atoms with E-state index >= 15 is 0 Å². The van der Waals surface area contributed by atoms with Crippen LogP contribution in [-0.2, 0) is 0 Å². The number of unbranched alkanes of at least 4 members (excludes halogenated alkanes) is 1. The average Bonchev–Trinajstić information content (AvgIpc) is 3.67. The Balaban J connectivity index is 1.74. The summed E-state index contributed by atoms with van der Waals surface area (Å²) in [5.74, 6) is 0. The van der Waals surface area contributed by atoms with Crippen LogP contribution in [0.1, 0.15) is 55.1 Å². The second-order valence-corrected chi connectivity index (χ2v) is 18.7. The molecule has 3 heterocycles. The average molecular weight is 536 g/mol. The van der Waals surface area contributed by atoms with E-state index in [-0.39, 0.29) is 0 Å². The topological polar surface area (TPSA) is 3.24 Å². The molecule has 0 saturated carbocycles. The van der Waals surface area contributed by atoms with E-state index in [1.165, 1.54) is 46.0 Å². The Morgan fingerprint density at radius 2 is 1.29 bits per heavy atom. The van der Waals surface area contributed by atoms with E-state index in [0.717, 1.165) is 6.54 Å². The number of thiophene rings is 2. The summed E-state index contributed by atoms with van der Waals surface area (Å²) in [7, 11) is -3.99. The highest BCUT2D eigenvalue weighted by Crippen LogP contribution is 2.91. The maximum Gasteiger partial charge on any atom is 0.144 e. The molecule has 0 aliphatic carbocycles. The Morgan fingerprint density at radius 1 is 0.800 bits per heavy atom. The molecule has 1 saturated heterocycles. The maximum atomic E-state index is 5.36. The smallest absolute Gasteiger partial charge is 0.144 e. The van der Waals surface area contributed by atoms with Crippen molar-refractivity contribution in [1.29, 1.82) is 0 Å². The van der Waals surface area contributed by atoms with Crippen LogP contribution in [0.2, 0.25) is 0 Å². The minimum Gasteiger partial charge on any atom is -0.158 e. The van der Waals surface area contributed by atoms with Gasteiger partial charge in [0.2, 0.25) is 0 Å². The molecule has 2 aromatic carbocycles. The third-order valence-electron chi connectivity index (χ3n) is 7.44. The standard InChI is InChI=1S/C30H35NP2S2/c1-4-5-22-31(33(3,29-18-12-23-34-29)30-19-13-24-35-30)32(2)27(25-14-8-6-9-15-25)20-21-28(32)26-16-10-7-11-17-26/h6-19,23-24,27-28H,2-5,20-22H2,1H3/t27-,28-/m0/s1. The Kier molecular flexibility index (Phi) is 7.93. The van der Waals surface area contributed by atoms with Crippen molar-refractivity contribution in [3.8, 4) is 0 Å². The minimum atomic E-state index is -2.04. The lowest BCUT2D eigenvalue weighted by Gasteiger charge is -2.50. The lowest BCUT2D eigenvalue weighted by molar-refractivity contribution is 0.620. The highest BCUT2D eigenvalue weighted by molar-refractivity contribution is 8.01. The minimum absolute atomic E-state index is 0.465. The van der Waals surface area contributed by atoms with Gasteiger partial charge in [0.25, 0.3) is 0 Å². The Morgan fingerprint density at radius 3 is 1.69 bits per heavy atom. The van der Waals surface area contributed by atoms with Gasteiger partial charge in [0.05, 0.1) is 25.3 Å². The molecule has 0 N–H and O–H groups in total. The third-order valence-corrected chi connectivity index (χ3v) is 20.2. The van der Waals surface area contributed by atoms with Crippen molar-refractivity contribution in [3.05, 3.63) is 120 Å². The van der Waals surface area contributed by atoms with Crippen LogP contribution in [-0.4, -0.2) is 11.0 Å². The van der Waals surface area contributed by atoms with Gasteiger partial charge >= 0.3 is 0 Å². The van der Waals surface area contributed by atoms with Crippen molar-refractivity contribution in [2.45, 2.75) is 43.9 Å². The molecule has 0 bridgehead atoms. The molecule has 1 aliphatic heterocycles. The molecule has 5 heteroatoms. The maximum absolute atomic E-state index is 5.36. The Hall–Kier alpha value is -1.34. The van der Waals surface area contributed by atoms with Crippen molar-refractivity contribution in [1.82, 2.24) is 4.44 Å². The number of hydrogen-bond acceptors (Lipinski definition) is 3. The van der Waals surface area contributed by atoms with Gasteiger partial charge in [-0.25, -0.2) is 0 Å². The highest BCUT2D eigenvalue weighted by atomic mass is 32.1. The predicted octanol–water partition coefficient (Wildman–Crippen LogP) is 9.59. The van der Waals surface area contributed by atoms with Crippen LogP contribution in [0, 0.1) is 13.3 Å². The number of benzene rings is 2. The molecular formula is C30H35NP2S2. The van der Waals surface area contributed by atoms with Gasteiger partial charge < -0.3 is 0 Å². The van der Waals surface area contributed by atoms with Gasteiger partial charge in [-0.05, 0) is 65.4 Å². The molecule has 2 atom stereocenters. The summed E-state index contributed by atoms with van der Waals surface area (Å²) in [6, 6.07) is 31.6. The van der Waals surface area contributed by atoms with Crippen LogP contribution in [0.15, 0.2) is 95.7 Å². The van der Waals surface area contributed by atoms with E-state index < -0.39 is 14.8 Å². The molecule has 0 amide bonds. The first-order valence-corrected chi connectivity index (χ1v) is 18.3. The number of hydrogen-bond donors (Lipinski definition) is 0. The number of rotatable bonds is 9. The first kappa shape index (κ1) is 25.3. The number of nitrogens with zero attached hydrogens (tertiary/aromatic N) is 1. The second-order valence-electron chi connectivity index (χ2n) is 9.44. The van der Waals surface area contributed by atoms with E-state index in [9.17, 15) is 0 Å². The van der Waals surface area contributed by atoms with Crippen molar-refractivity contribution in [2.75, 3.05) is 6.54 Å². The fourth-order valence-corrected chi connectivity index (χ4v) is 19.7. The van der Waals surface area contributed by atoms with Gasteiger partial charge in [-0.3, -0.25) is 0 Å². The van der Waals surface area contributed by atoms with Gasteiger partial charge in [0.15, 0.2) is 0 Å². The highest BCUT2D eigenvalue weighted by Gasteiger charge is 2.60. The van der Waals surface area contributed by atoms with Crippen LogP contribution in [0.4, 0.5) is 0 Å². The van der Waals surface area contributed by atoms with Gasteiger partial charge in [0, 0.05) is 7.41 Å². The van der Waals surface area contributed by atoms with Gasteiger partial charge in [-0.1, -0.05) is 74.0 Å². The Labute approximate surface area is 221 Å². The predicted molar refractivity (Wildman–Crippen MR) is 162 cm³/mol. The largest absolute Gasteiger partial charge is 0.158 e. The molecule has 35 heavy (non-hydrogen) atoms. The molecule has 0 unspecified atom stereocenters. The van der Waals surface area contributed by atoms with Crippen molar-refractivity contribution in [2.24, 2.45) is 0 Å². The zero-order chi connectivity index (χ0) is 24.3. The summed E-state index contributed by atoms with van der Waals surface area (Å²) < 4.78 is 5.80. The van der Waals surface area contributed by atoms with Crippen LogP contribution >= 0.6 is 37.5 Å². The lowest BCUT2D eigenvalue weighted by atomic mass is 10.0. The molecule has 1 fully saturated rings. The summed E-state index contributed by atoms with van der Waals surface area (Å²) in [5, 5.41) is 4.46. The molecule has 0 spiro atoms. The first-order valence-electron chi connectivity index (χ1n) is 12.5. The van der Waals surface area contributed by atoms with Crippen LogP contribution in [0.5, 0.6) is 0 Å². The van der Waals surface area contributed by atoms with Crippen LogP contribution in [0.25, 0.3) is 0 Å². The molecule has 2 aromatic heterocycles. The molecule has 5 rings (SSSR count). The quantitative estimate of drug-likeness (QED) is 0.152. The molecule has 1 aliphatic rings. The summed E-state index contributed by atoms with van der Waals surface area (Å²) in [5.41, 5.74) is 3.85. The monoisotopic (exact) mass is 535 g/mol. The molecular weight excluding hydrogens is 500 g/mol. The van der Waals surface area contributed by atoms with Crippen molar-refractivity contribution >= 4 is 46.7 Å². The van der Waals surface area contributed by atoms with Gasteiger partial charge in [-0.2, -0.15) is 6.66 Å². The normalized spacial score (nSPS) is 19.9. The van der Waals surface area contributed by atoms with Gasteiger partial charge in [-0.15, -0.1) is 33.8 Å². The summed E-state index contributed by atoms with van der Waals surface area (Å²) in [4.78, 5) is 0. The SMILES string of the molecule is [CH2-][P+](c1cccs1)(c1cccs1)N(CCCC)[P+]1([CH2-])[C@H](c2ccccc2)CC[C@H]1c1ccccc1. The van der Waals surface area contributed by atoms with Crippen LogP contribution in [0.3, 0.4) is 0 Å². The van der Waals surface area contributed by atoms with E-state index in [0.29, 0.717) is 11.3 Å². The lowest BCUT2D eigenvalue weighted by Crippen LogP contribution is -2.35. The van der Waals surface area contributed by atoms with E-state index in [1.807, 2.05) is 22.7 Å². The van der Waals surface area contributed by atoms with Crippen molar-refractivity contribution in [3.63, 3.8) is 0 Å². The van der Waals surface area contributed by atoms with E-state index in [1.54, 1.807) is 0 Å². The van der Waals surface area contributed by atoms with Crippen LogP contribution < -0.4 is 9.24 Å². The molecule has 1 nitrogen and oxygen atoms in total. The first-order chi connectivity index (χ1) is 17.1. The molecule has 182 valence electrons. The Bertz CT molecular complexity index is 1090. The fourth-order valence-electron chi connectivity index (χ4n) is 5.74. The summed E-state index contributed by atoms with van der Waals surface area (Å²) in [6.45, 7) is 13.9.